The van der Waals surface area contributed by atoms with Gasteiger partial charge in [-0.05, 0) is 68.0 Å². The molecule has 3 saturated heterocycles. The molecule has 1 unspecified atom stereocenters. The van der Waals surface area contributed by atoms with E-state index in [0.29, 0.717) is 18.3 Å². The largest absolute Gasteiger partial charge is 0.497 e. The molecule has 0 spiro atoms. The van der Waals surface area contributed by atoms with Crippen LogP contribution in [0.4, 0.5) is 0 Å². The molecule has 222 valence electrons. The highest BCUT2D eigenvalue weighted by Crippen LogP contribution is 2.45. The third-order valence-electron chi connectivity index (χ3n) is 9.18. The minimum Gasteiger partial charge on any atom is -0.497 e. The first-order valence-corrected chi connectivity index (χ1v) is 15.5. The molecular formula is C32H45N5O4. The van der Waals surface area contributed by atoms with Crippen LogP contribution in [0.1, 0.15) is 100 Å². The standard InChI is InChI=1S/C32H45N5O4/c1-41-24-12-13-28-26(20-24)25(14-16-33-28)32(40)30-19-23-15-18-36(30)21-27(23)29-22-37(35-34-29)17-10-8-6-4-2-3-5-7-9-11-31(38)39/h12-14,16,20,22-23,27,30,32,40H,2-11,15,17-19,21H2,1H3,(H,38,39)/t23-,27-,30-,32+/m0/s1. The fraction of sp³-hybridized carbons (Fsp3) is 0.625. The summed E-state index contributed by atoms with van der Waals surface area (Å²) in [5.41, 5.74) is 2.89. The predicted molar refractivity (Wildman–Crippen MR) is 158 cm³/mol. The van der Waals surface area contributed by atoms with Gasteiger partial charge in [0.25, 0.3) is 0 Å². The van der Waals surface area contributed by atoms with Gasteiger partial charge >= 0.3 is 5.97 Å². The summed E-state index contributed by atoms with van der Waals surface area (Å²) >= 11 is 0. The number of hydrogen-bond acceptors (Lipinski definition) is 7. The fourth-order valence-corrected chi connectivity index (χ4v) is 6.85. The molecule has 41 heavy (non-hydrogen) atoms. The van der Waals surface area contributed by atoms with Gasteiger partial charge in [0, 0.05) is 49.2 Å². The van der Waals surface area contributed by atoms with E-state index in [2.05, 4.69) is 26.4 Å². The van der Waals surface area contributed by atoms with Crippen LogP contribution in [-0.4, -0.2) is 67.3 Å². The van der Waals surface area contributed by atoms with E-state index in [0.717, 1.165) is 86.1 Å². The zero-order valence-corrected chi connectivity index (χ0v) is 24.3. The van der Waals surface area contributed by atoms with Crippen LogP contribution >= 0.6 is 0 Å². The van der Waals surface area contributed by atoms with Crippen molar-refractivity contribution in [3.63, 3.8) is 0 Å². The number of carboxylic acids is 1. The van der Waals surface area contributed by atoms with Gasteiger partial charge in [-0.3, -0.25) is 19.4 Å². The molecule has 0 saturated carbocycles. The second kappa shape index (κ2) is 14.2. The van der Waals surface area contributed by atoms with E-state index in [1.54, 1.807) is 13.3 Å². The Morgan fingerprint density at radius 2 is 1.83 bits per heavy atom. The topological polar surface area (TPSA) is 114 Å². The van der Waals surface area contributed by atoms with Crippen LogP contribution < -0.4 is 4.74 Å². The number of fused-ring (bicyclic) bond motifs is 4. The Bertz CT molecular complexity index is 1280. The molecule has 9 heteroatoms. The van der Waals surface area contributed by atoms with Crippen LogP contribution in [-0.2, 0) is 11.3 Å². The molecule has 3 aromatic rings. The average Bonchev–Trinajstić information content (AvgIpc) is 3.47. The highest BCUT2D eigenvalue weighted by Gasteiger charge is 2.44. The highest BCUT2D eigenvalue weighted by molar-refractivity contribution is 5.84. The van der Waals surface area contributed by atoms with Crippen molar-refractivity contribution in [2.75, 3.05) is 20.2 Å². The number of aryl methyl sites for hydroxylation is 1. The van der Waals surface area contributed by atoms with Gasteiger partial charge in [0.05, 0.1) is 24.4 Å². The van der Waals surface area contributed by atoms with Crippen molar-refractivity contribution in [3.05, 3.63) is 47.9 Å². The SMILES string of the molecule is COc1ccc2nccc([C@@H](O)[C@@H]3C[C@@H]4CCN3C[C@@H]4c3cn(CCCCCCCCCCCC(=O)O)nn3)c2c1. The lowest BCUT2D eigenvalue weighted by Gasteiger charge is -2.50. The first kappa shape index (κ1) is 29.5. The number of carbonyl (C=O) groups is 1. The Morgan fingerprint density at radius 1 is 1.07 bits per heavy atom. The highest BCUT2D eigenvalue weighted by atomic mass is 16.5. The van der Waals surface area contributed by atoms with E-state index in [1.165, 1.54) is 32.1 Å². The predicted octanol–water partition coefficient (Wildman–Crippen LogP) is 5.73. The summed E-state index contributed by atoms with van der Waals surface area (Å²) in [6, 6.07) is 7.87. The number of benzene rings is 1. The van der Waals surface area contributed by atoms with Gasteiger partial charge in [0.15, 0.2) is 0 Å². The third-order valence-corrected chi connectivity index (χ3v) is 9.18. The van der Waals surface area contributed by atoms with E-state index < -0.39 is 12.1 Å². The van der Waals surface area contributed by atoms with Crippen molar-refractivity contribution in [1.82, 2.24) is 24.9 Å². The number of unbranched alkanes of at least 4 members (excludes halogenated alkanes) is 8. The monoisotopic (exact) mass is 563 g/mol. The summed E-state index contributed by atoms with van der Waals surface area (Å²) in [7, 11) is 1.66. The molecule has 5 atom stereocenters. The van der Waals surface area contributed by atoms with Crippen molar-refractivity contribution in [2.45, 2.75) is 102 Å². The first-order chi connectivity index (χ1) is 20.0. The number of rotatable bonds is 16. The normalized spacial score (nSPS) is 22.7. The van der Waals surface area contributed by atoms with E-state index in [4.69, 9.17) is 9.84 Å². The lowest BCUT2D eigenvalue weighted by molar-refractivity contribution is -0.137. The molecular weight excluding hydrogens is 518 g/mol. The fourth-order valence-electron chi connectivity index (χ4n) is 6.85. The number of aliphatic carboxylic acids is 1. The molecule has 3 fully saturated rings. The summed E-state index contributed by atoms with van der Waals surface area (Å²) in [5, 5.41) is 30.3. The van der Waals surface area contributed by atoms with Gasteiger partial charge in [0.1, 0.15) is 5.75 Å². The number of carboxylic acid groups (broad SMARTS) is 1. The number of pyridine rings is 1. The summed E-state index contributed by atoms with van der Waals surface area (Å²) in [6.45, 7) is 2.82. The van der Waals surface area contributed by atoms with Crippen LogP contribution in [0.15, 0.2) is 36.7 Å². The number of nitrogens with zero attached hydrogens (tertiary/aromatic N) is 5. The zero-order valence-electron chi connectivity index (χ0n) is 24.3. The molecule has 1 aromatic carbocycles. The molecule has 9 nitrogen and oxygen atoms in total. The van der Waals surface area contributed by atoms with Gasteiger partial charge in [0.2, 0.25) is 0 Å². The zero-order chi connectivity index (χ0) is 28.6. The average molecular weight is 564 g/mol. The molecule has 0 radical (unpaired) electrons. The summed E-state index contributed by atoms with van der Waals surface area (Å²) < 4.78 is 7.45. The maximum absolute atomic E-state index is 11.6. The first-order valence-electron chi connectivity index (χ1n) is 15.5. The molecule has 3 aliphatic rings. The molecule has 2 aromatic heterocycles. The third kappa shape index (κ3) is 7.43. The Morgan fingerprint density at radius 3 is 2.54 bits per heavy atom. The number of aliphatic hydroxyl groups is 1. The maximum atomic E-state index is 11.6. The Balaban J connectivity index is 1.07. The number of aliphatic hydroxyl groups excluding tert-OH is 1. The molecule has 2 bridgehead atoms. The van der Waals surface area contributed by atoms with Crippen molar-refractivity contribution in [2.24, 2.45) is 5.92 Å². The maximum Gasteiger partial charge on any atom is 0.303 e. The number of aromatic nitrogens is 4. The molecule has 0 aliphatic carbocycles. The molecule has 5 heterocycles. The second-order valence-corrected chi connectivity index (χ2v) is 11.9. The molecule has 2 N–H and O–H groups in total. The molecule has 3 aliphatic heterocycles. The number of piperidine rings is 3. The van der Waals surface area contributed by atoms with Gasteiger partial charge < -0.3 is 14.9 Å². The van der Waals surface area contributed by atoms with Crippen LogP contribution in [0, 0.1) is 5.92 Å². The van der Waals surface area contributed by atoms with E-state index in [-0.39, 0.29) is 6.04 Å². The minimum absolute atomic E-state index is 0.0848. The van der Waals surface area contributed by atoms with Gasteiger partial charge in [-0.15, -0.1) is 5.10 Å². The van der Waals surface area contributed by atoms with E-state index in [1.807, 2.05) is 28.9 Å². The second-order valence-electron chi connectivity index (χ2n) is 11.9. The Labute approximate surface area is 242 Å². The Hall–Kier alpha value is -3.04. The summed E-state index contributed by atoms with van der Waals surface area (Å²) in [4.78, 5) is 17.5. The number of hydrogen-bond donors (Lipinski definition) is 2. The van der Waals surface area contributed by atoms with Crippen molar-refractivity contribution < 1.29 is 19.7 Å². The minimum atomic E-state index is -0.686. The number of ether oxygens (including phenoxy) is 1. The van der Waals surface area contributed by atoms with Crippen molar-refractivity contribution in [3.8, 4) is 5.75 Å². The van der Waals surface area contributed by atoms with Gasteiger partial charge in [-0.2, -0.15) is 0 Å². The van der Waals surface area contributed by atoms with Crippen LogP contribution in [0.5, 0.6) is 5.75 Å². The number of methoxy groups -OCH3 is 1. The molecule has 6 rings (SSSR count). The van der Waals surface area contributed by atoms with E-state index in [9.17, 15) is 9.90 Å². The van der Waals surface area contributed by atoms with E-state index >= 15 is 0 Å². The van der Waals surface area contributed by atoms with Crippen molar-refractivity contribution >= 4 is 16.9 Å². The van der Waals surface area contributed by atoms with Crippen molar-refractivity contribution in [1.29, 1.82) is 0 Å². The van der Waals surface area contributed by atoms with Crippen LogP contribution in [0.2, 0.25) is 0 Å². The lowest BCUT2D eigenvalue weighted by Crippen LogP contribution is -2.54. The van der Waals surface area contributed by atoms with Gasteiger partial charge in [-0.25, -0.2) is 0 Å². The van der Waals surface area contributed by atoms with Gasteiger partial charge in [-0.1, -0.05) is 50.2 Å². The Kier molecular flexibility index (Phi) is 10.2. The summed E-state index contributed by atoms with van der Waals surface area (Å²) in [6.07, 6.45) is 15.9. The van der Waals surface area contributed by atoms with Crippen LogP contribution in [0.3, 0.4) is 0 Å². The smallest absolute Gasteiger partial charge is 0.303 e. The summed E-state index contributed by atoms with van der Waals surface area (Å²) in [5.74, 6) is 0.950. The lowest BCUT2D eigenvalue weighted by atomic mass is 9.72. The molecule has 0 amide bonds. The quantitative estimate of drug-likeness (QED) is 0.212. The van der Waals surface area contributed by atoms with Crippen LogP contribution in [0.25, 0.3) is 10.9 Å².